The molecule has 0 N–H and O–H groups in total. The molecule has 120 valence electrons. The highest BCUT2D eigenvalue weighted by Gasteiger charge is 2.39. The third-order valence-electron chi connectivity index (χ3n) is 4.39. The second-order valence-corrected chi connectivity index (χ2v) is 7.42. The van der Waals surface area contributed by atoms with Crippen LogP contribution in [-0.2, 0) is 4.74 Å². The van der Waals surface area contributed by atoms with Gasteiger partial charge in [-0.1, -0.05) is 0 Å². The number of hydrogen-bond donors (Lipinski definition) is 0. The van der Waals surface area contributed by atoms with Gasteiger partial charge in [0.15, 0.2) is 0 Å². The number of nitrogens with zero attached hydrogens (tertiary/aromatic N) is 3. The number of hydrogen-bond acceptors (Lipinski definition) is 3. The average Bonchev–Trinajstić information content (AvgIpc) is 2.92. The molecule has 0 bridgehead atoms. The summed E-state index contributed by atoms with van der Waals surface area (Å²) in [6.07, 6.45) is 0.510. The smallest absolute Gasteiger partial charge is 0.410 e. The summed E-state index contributed by atoms with van der Waals surface area (Å²) in [5, 5.41) is 0. The molecule has 6 heteroatoms. The Morgan fingerprint density at radius 1 is 1.00 bits per heavy atom. The van der Waals surface area contributed by atoms with Crippen LogP contribution in [0.25, 0.3) is 0 Å². The van der Waals surface area contributed by atoms with E-state index in [1.807, 2.05) is 23.6 Å². The fraction of sp³-hybridized carbons (Fsp3) is 0.867. The zero-order valence-corrected chi connectivity index (χ0v) is 13.8. The first-order valence-corrected chi connectivity index (χ1v) is 7.64. The van der Waals surface area contributed by atoms with Crippen molar-refractivity contribution in [2.24, 2.45) is 0 Å². The summed E-state index contributed by atoms with van der Waals surface area (Å²) in [4.78, 5) is 29.6. The standard InChI is InChI=1S/C15H27N3O3/c1-14(2,3)17-9-8-16(12(17)19)7-6-15(4,5)18-10-11-21-13(18)20/h6-11H2,1-5H3. The molecule has 0 aromatic heterocycles. The molecule has 6 nitrogen and oxygen atoms in total. The molecule has 3 amide bonds. The van der Waals surface area contributed by atoms with Crippen LogP contribution in [0.15, 0.2) is 0 Å². The van der Waals surface area contributed by atoms with Crippen molar-refractivity contribution in [3.8, 4) is 0 Å². The normalized spacial score (nSPS) is 20.5. The molecule has 0 saturated carbocycles. The van der Waals surface area contributed by atoms with E-state index >= 15 is 0 Å². The quantitative estimate of drug-likeness (QED) is 0.799. The van der Waals surface area contributed by atoms with Crippen molar-refractivity contribution >= 4 is 12.1 Å². The van der Waals surface area contributed by atoms with Gasteiger partial charge in [0.1, 0.15) is 6.61 Å². The van der Waals surface area contributed by atoms with Crippen molar-refractivity contribution in [2.75, 3.05) is 32.8 Å². The number of cyclic esters (lactones) is 1. The lowest BCUT2D eigenvalue weighted by Gasteiger charge is -2.35. The molecule has 0 unspecified atom stereocenters. The number of carbonyl (C=O) groups is 2. The van der Waals surface area contributed by atoms with Gasteiger partial charge in [0.05, 0.1) is 6.54 Å². The van der Waals surface area contributed by atoms with Crippen molar-refractivity contribution in [1.82, 2.24) is 14.7 Å². The van der Waals surface area contributed by atoms with Crippen molar-refractivity contribution in [2.45, 2.75) is 52.1 Å². The van der Waals surface area contributed by atoms with Gasteiger partial charge >= 0.3 is 12.1 Å². The molecule has 0 aromatic carbocycles. The zero-order chi connectivity index (χ0) is 15.8. The van der Waals surface area contributed by atoms with Crippen LogP contribution in [0.2, 0.25) is 0 Å². The van der Waals surface area contributed by atoms with Crippen LogP contribution in [0.3, 0.4) is 0 Å². The number of ether oxygens (including phenoxy) is 1. The Bertz CT molecular complexity index is 428. The van der Waals surface area contributed by atoms with Crippen molar-refractivity contribution in [3.05, 3.63) is 0 Å². The predicted octanol–water partition coefficient (Wildman–Crippen LogP) is 2.14. The molecule has 21 heavy (non-hydrogen) atoms. The highest BCUT2D eigenvalue weighted by atomic mass is 16.6. The summed E-state index contributed by atoms with van der Waals surface area (Å²) in [7, 11) is 0. The monoisotopic (exact) mass is 297 g/mol. The molecule has 2 saturated heterocycles. The van der Waals surface area contributed by atoms with E-state index in [1.165, 1.54) is 0 Å². The van der Waals surface area contributed by atoms with E-state index in [-0.39, 0.29) is 23.2 Å². The van der Waals surface area contributed by atoms with E-state index < -0.39 is 0 Å². The minimum atomic E-state index is -0.289. The van der Waals surface area contributed by atoms with E-state index in [0.717, 1.165) is 19.5 Å². The first-order chi connectivity index (χ1) is 9.63. The molecule has 0 aromatic rings. The molecule has 2 heterocycles. The van der Waals surface area contributed by atoms with E-state index in [9.17, 15) is 9.59 Å². The van der Waals surface area contributed by atoms with Gasteiger partial charge in [-0.25, -0.2) is 9.59 Å². The van der Waals surface area contributed by atoms with Gasteiger partial charge in [-0.2, -0.15) is 0 Å². The summed E-state index contributed by atoms with van der Waals surface area (Å²) in [6.45, 7) is 13.5. The van der Waals surface area contributed by atoms with E-state index in [1.54, 1.807) is 4.90 Å². The molecular weight excluding hydrogens is 270 g/mol. The number of amides is 3. The van der Waals surface area contributed by atoms with Gasteiger partial charge in [0.2, 0.25) is 0 Å². The second kappa shape index (κ2) is 5.39. The molecule has 2 rings (SSSR count). The summed E-state index contributed by atoms with van der Waals surface area (Å²) in [5.74, 6) is 0. The molecular formula is C15H27N3O3. The summed E-state index contributed by atoms with van der Waals surface area (Å²) in [5.41, 5.74) is -0.427. The lowest BCUT2D eigenvalue weighted by atomic mass is 9.98. The van der Waals surface area contributed by atoms with Gasteiger partial charge < -0.3 is 14.5 Å². The third kappa shape index (κ3) is 3.24. The Hall–Kier alpha value is -1.46. The fourth-order valence-corrected chi connectivity index (χ4v) is 2.90. The third-order valence-corrected chi connectivity index (χ3v) is 4.39. The molecule has 0 radical (unpaired) electrons. The summed E-state index contributed by atoms with van der Waals surface area (Å²) < 4.78 is 5.00. The number of rotatable bonds is 4. The van der Waals surface area contributed by atoms with Crippen LogP contribution in [0.1, 0.15) is 41.0 Å². The van der Waals surface area contributed by atoms with Crippen LogP contribution in [0.5, 0.6) is 0 Å². The Labute approximate surface area is 127 Å². The van der Waals surface area contributed by atoms with Crippen LogP contribution < -0.4 is 0 Å². The average molecular weight is 297 g/mol. The Balaban J connectivity index is 1.92. The van der Waals surface area contributed by atoms with Gasteiger partial charge in [-0.15, -0.1) is 0 Å². The van der Waals surface area contributed by atoms with Crippen molar-refractivity contribution < 1.29 is 14.3 Å². The maximum absolute atomic E-state index is 12.4. The molecule has 2 fully saturated rings. The van der Waals surface area contributed by atoms with Crippen LogP contribution in [-0.4, -0.2) is 70.7 Å². The molecule has 0 aliphatic carbocycles. The maximum atomic E-state index is 12.4. The topological polar surface area (TPSA) is 53.1 Å². The highest BCUT2D eigenvalue weighted by Crippen LogP contribution is 2.25. The molecule has 2 aliphatic heterocycles. The van der Waals surface area contributed by atoms with Crippen LogP contribution in [0, 0.1) is 0 Å². The fourth-order valence-electron chi connectivity index (χ4n) is 2.90. The lowest BCUT2D eigenvalue weighted by Crippen LogP contribution is -2.48. The van der Waals surface area contributed by atoms with E-state index in [0.29, 0.717) is 19.7 Å². The minimum absolute atomic E-state index is 0.0994. The second-order valence-electron chi connectivity index (χ2n) is 7.42. The Kier molecular flexibility index (Phi) is 4.08. The highest BCUT2D eigenvalue weighted by molar-refractivity contribution is 5.77. The summed E-state index contributed by atoms with van der Waals surface area (Å²) in [6, 6.07) is 0.0994. The number of carbonyl (C=O) groups excluding carboxylic acids is 2. The van der Waals surface area contributed by atoms with E-state index in [4.69, 9.17) is 4.74 Å². The van der Waals surface area contributed by atoms with Gasteiger partial charge in [-0.3, -0.25) is 4.90 Å². The Morgan fingerprint density at radius 2 is 1.67 bits per heavy atom. The number of urea groups is 1. The Morgan fingerprint density at radius 3 is 2.14 bits per heavy atom. The van der Waals surface area contributed by atoms with Gasteiger partial charge in [-0.05, 0) is 41.0 Å². The van der Waals surface area contributed by atoms with Crippen molar-refractivity contribution in [3.63, 3.8) is 0 Å². The first-order valence-electron chi connectivity index (χ1n) is 7.64. The van der Waals surface area contributed by atoms with Crippen LogP contribution >= 0.6 is 0 Å². The summed E-state index contributed by atoms with van der Waals surface area (Å²) >= 11 is 0. The predicted molar refractivity (Wildman–Crippen MR) is 80.2 cm³/mol. The molecule has 2 aliphatic rings. The SMILES string of the molecule is CC(C)(C)N1CCN(CCC(C)(C)N2CCOC2=O)C1=O. The first kappa shape index (κ1) is 15.9. The zero-order valence-electron chi connectivity index (χ0n) is 13.8. The lowest BCUT2D eigenvalue weighted by molar-refractivity contribution is 0.116. The maximum Gasteiger partial charge on any atom is 0.410 e. The van der Waals surface area contributed by atoms with Gasteiger partial charge in [0, 0.05) is 30.7 Å². The van der Waals surface area contributed by atoms with Gasteiger partial charge in [0.25, 0.3) is 0 Å². The van der Waals surface area contributed by atoms with Crippen molar-refractivity contribution in [1.29, 1.82) is 0 Å². The van der Waals surface area contributed by atoms with Crippen LogP contribution in [0.4, 0.5) is 9.59 Å². The van der Waals surface area contributed by atoms with E-state index in [2.05, 4.69) is 20.8 Å². The molecule has 0 spiro atoms. The largest absolute Gasteiger partial charge is 0.448 e. The molecule has 0 atom stereocenters. The minimum Gasteiger partial charge on any atom is -0.448 e.